The molecule has 5 nitrogen and oxygen atoms in total. The number of hydrogen-bond donors (Lipinski definition) is 4. The van der Waals surface area contributed by atoms with Gasteiger partial charge in [0, 0.05) is 0 Å². The van der Waals surface area contributed by atoms with Gasteiger partial charge in [0.25, 0.3) is 0 Å². The van der Waals surface area contributed by atoms with E-state index in [4.69, 9.17) is 0 Å². The third kappa shape index (κ3) is 58.5. The minimum atomic E-state index is -0.746. The lowest BCUT2D eigenvalue weighted by Gasteiger charge is -2.23. The van der Waals surface area contributed by atoms with Crippen molar-refractivity contribution in [2.24, 2.45) is 0 Å². The van der Waals surface area contributed by atoms with Crippen LogP contribution < -0.4 is 5.32 Å². The number of aliphatic hydroxyl groups is 3. The van der Waals surface area contributed by atoms with Crippen LogP contribution in [0.4, 0.5) is 0 Å². The van der Waals surface area contributed by atoms with E-state index in [2.05, 4.69) is 19.2 Å². The molecule has 0 aromatic carbocycles. The van der Waals surface area contributed by atoms with E-state index in [1.165, 1.54) is 334 Å². The van der Waals surface area contributed by atoms with Crippen molar-refractivity contribution < 1.29 is 20.1 Å². The summed E-state index contributed by atoms with van der Waals surface area (Å²) in [7, 11) is 0. The molecule has 0 aliphatic carbocycles. The number of aliphatic hydroxyl groups excluding tert-OH is 3. The van der Waals surface area contributed by atoms with Crippen LogP contribution in [0, 0.1) is 0 Å². The quantitative estimate of drug-likeness (QED) is 0.0457. The number of carbonyl (C=O) groups is 1. The van der Waals surface area contributed by atoms with Crippen molar-refractivity contribution in [1.29, 1.82) is 0 Å². The van der Waals surface area contributed by atoms with Crippen molar-refractivity contribution in [3.63, 3.8) is 0 Å². The smallest absolute Gasteiger partial charge is 0.222 e. The largest absolute Gasteiger partial charge is 0.394 e. The fourth-order valence-corrected chi connectivity index (χ4v) is 11.1. The molecule has 0 spiro atoms. The summed E-state index contributed by atoms with van der Waals surface area (Å²) in [6.45, 7) is 4.32. The lowest BCUT2D eigenvalue weighted by molar-refractivity contribution is -0.125. The molecule has 426 valence electrons. The second-order valence-electron chi connectivity index (χ2n) is 23.5. The van der Waals surface area contributed by atoms with E-state index in [-0.39, 0.29) is 18.9 Å². The molecule has 0 fully saturated rings. The van der Waals surface area contributed by atoms with Gasteiger partial charge < -0.3 is 20.6 Å². The van der Waals surface area contributed by atoms with Gasteiger partial charge in [-0.15, -0.1) is 0 Å². The molecule has 0 radical (unpaired) electrons. The third-order valence-corrected chi connectivity index (χ3v) is 16.2. The standard InChI is InChI=1S/C66H133NO4/c1-3-5-7-9-11-13-15-17-19-21-23-24-25-26-27-28-29-30-31-32-33-34-35-36-37-38-39-40-42-43-45-47-49-51-53-55-57-59-63(69)61-66(71)67-64(62-68)65(70)60-58-56-54-52-50-48-46-44-41-22-20-18-16-14-12-10-8-6-4-2/h63-65,68-70H,3-62H2,1-2H3,(H,67,71). The van der Waals surface area contributed by atoms with Crippen LogP contribution in [0.3, 0.4) is 0 Å². The summed E-state index contributed by atoms with van der Waals surface area (Å²) in [5.74, 6) is -0.273. The number of nitrogens with one attached hydrogen (secondary N) is 1. The Morgan fingerprint density at radius 1 is 0.296 bits per heavy atom. The normalized spacial score (nSPS) is 13.0. The Morgan fingerprint density at radius 2 is 0.479 bits per heavy atom. The molecule has 4 N–H and O–H groups in total. The first-order chi connectivity index (χ1) is 35.0. The Balaban J connectivity index is 3.40. The van der Waals surface area contributed by atoms with E-state index < -0.39 is 18.2 Å². The zero-order valence-corrected chi connectivity index (χ0v) is 48.9. The lowest BCUT2D eigenvalue weighted by Crippen LogP contribution is -2.46. The molecule has 0 saturated carbocycles. The summed E-state index contributed by atoms with van der Waals surface area (Å²) in [5, 5.41) is 33.7. The molecule has 0 aliphatic heterocycles. The highest BCUT2D eigenvalue weighted by atomic mass is 16.3. The maximum Gasteiger partial charge on any atom is 0.222 e. The SMILES string of the molecule is CCCCCCCCCCCCCCCCCCCCCCCCCCCCCCCCCCCCCCCC(O)CC(=O)NC(CO)C(O)CCCCCCCCCCCCCCCCCCCCC. The zero-order valence-electron chi connectivity index (χ0n) is 48.9. The van der Waals surface area contributed by atoms with Crippen LogP contribution in [0.2, 0.25) is 0 Å². The van der Waals surface area contributed by atoms with Gasteiger partial charge in [0.1, 0.15) is 0 Å². The van der Waals surface area contributed by atoms with Gasteiger partial charge in [0.2, 0.25) is 5.91 Å². The Kier molecular flexibility index (Phi) is 61.3. The Labute approximate surface area is 447 Å². The van der Waals surface area contributed by atoms with E-state index in [9.17, 15) is 20.1 Å². The summed E-state index contributed by atoms with van der Waals surface area (Å²) >= 11 is 0. The molecule has 0 saturated heterocycles. The monoisotopic (exact) mass is 1000 g/mol. The van der Waals surface area contributed by atoms with Gasteiger partial charge in [-0.3, -0.25) is 4.79 Å². The first kappa shape index (κ1) is 70.3. The maximum absolute atomic E-state index is 12.6. The van der Waals surface area contributed by atoms with E-state index in [0.29, 0.717) is 12.8 Å². The van der Waals surface area contributed by atoms with Crippen molar-refractivity contribution in [3.05, 3.63) is 0 Å². The molecule has 1 amide bonds. The van der Waals surface area contributed by atoms with Crippen LogP contribution >= 0.6 is 0 Å². The number of amides is 1. The average Bonchev–Trinajstić information content (AvgIpc) is 3.37. The Morgan fingerprint density at radius 3 is 0.676 bits per heavy atom. The van der Waals surface area contributed by atoms with Gasteiger partial charge in [-0.1, -0.05) is 373 Å². The molecule has 0 aromatic heterocycles. The highest BCUT2D eigenvalue weighted by Gasteiger charge is 2.21. The molecule has 0 aliphatic rings. The second-order valence-corrected chi connectivity index (χ2v) is 23.5. The van der Waals surface area contributed by atoms with Crippen LogP contribution in [0.25, 0.3) is 0 Å². The van der Waals surface area contributed by atoms with Gasteiger partial charge in [-0.05, 0) is 12.8 Å². The zero-order chi connectivity index (χ0) is 51.4. The average molecular weight is 1000 g/mol. The highest BCUT2D eigenvalue weighted by molar-refractivity contribution is 5.76. The first-order valence-electron chi connectivity index (χ1n) is 33.3. The molecular weight excluding hydrogens is 871 g/mol. The third-order valence-electron chi connectivity index (χ3n) is 16.2. The summed E-state index contributed by atoms with van der Waals surface area (Å²) in [5.41, 5.74) is 0. The van der Waals surface area contributed by atoms with Crippen LogP contribution in [-0.4, -0.2) is 46.1 Å². The summed E-state index contributed by atoms with van der Waals surface area (Å²) in [6.07, 6.45) is 77.5. The fourth-order valence-electron chi connectivity index (χ4n) is 11.1. The van der Waals surface area contributed by atoms with Crippen LogP contribution in [0.15, 0.2) is 0 Å². The summed E-state index contributed by atoms with van der Waals surface area (Å²) in [6, 6.07) is -0.655. The lowest BCUT2D eigenvalue weighted by atomic mass is 10.0. The first-order valence-corrected chi connectivity index (χ1v) is 33.3. The number of rotatable bonds is 63. The predicted octanol–water partition coefficient (Wildman–Crippen LogP) is 21.2. The van der Waals surface area contributed by atoms with Gasteiger partial charge in [0.05, 0.1) is 31.3 Å². The highest BCUT2D eigenvalue weighted by Crippen LogP contribution is 2.20. The molecule has 3 atom stereocenters. The van der Waals surface area contributed by atoms with E-state index in [1.54, 1.807) is 0 Å². The fraction of sp³-hybridized carbons (Fsp3) is 0.985. The van der Waals surface area contributed by atoms with Crippen molar-refractivity contribution in [1.82, 2.24) is 5.32 Å². The minimum Gasteiger partial charge on any atom is -0.394 e. The number of unbranched alkanes of at least 4 members (excludes halogenated alkanes) is 54. The van der Waals surface area contributed by atoms with E-state index >= 15 is 0 Å². The van der Waals surface area contributed by atoms with Crippen LogP contribution in [0.1, 0.15) is 393 Å². The van der Waals surface area contributed by atoms with Gasteiger partial charge in [0.15, 0.2) is 0 Å². The minimum absolute atomic E-state index is 0.0438. The molecule has 5 heteroatoms. The maximum atomic E-state index is 12.6. The second kappa shape index (κ2) is 61.9. The summed E-state index contributed by atoms with van der Waals surface area (Å²) in [4.78, 5) is 12.6. The Bertz CT molecular complexity index is 975. The molecule has 0 heterocycles. The van der Waals surface area contributed by atoms with Gasteiger partial charge in [-0.2, -0.15) is 0 Å². The van der Waals surface area contributed by atoms with E-state index in [1.807, 2.05) is 0 Å². The van der Waals surface area contributed by atoms with Gasteiger partial charge in [-0.25, -0.2) is 0 Å². The molecule has 0 bridgehead atoms. The van der Waals surface area contributed by atoms with Gasteiger partial charge >= 0.3 is 0 Å². The summed E-state index contributed by atoms with van der Waals surface area (Å²) < 4.78 is 0. The molecule has 0 rings (SSSR count). The molecular formula is C66H133NO4. The van der Waals surface area contributed by atoms with Crippen molar-refractivity contribution in [2.75, 3.05) is 6.61 Å². The van der Waals surface area contributed by atoms with Crippen molar-refractivity contribution in [2.45, 2.75) is 411 Å². The molecule has 0 aromatic rings. The van der Waals surface area contributed by atoms with Crippen LogP contribution in [0.5, 0.6) is 0 Å². The van der Waals surface area contributed by atoms with Crippen molar-refractivity contribution >= 4 is 5.91 Å². The van der Waals surface area contributed by atoms with Crippen molar-refractivity contribution in [3.8, 4) is 0 Å². The molecule has 71 heavy (non-hydrogen) atoms. The Hall–Kier alpha value is -0.650. The van der Waals surface area contributed by atoms with Crippen LogP contribution in [-0.2, 0) is 4.79 Å². The predicted molar refractivity (Wildman–Crippen MR) is 315 cm³/mol. The number of carbonyl (C=O) groups excluding carboxylic acids is 1. The van der Waals surface area contributed by atoms with E-state index in [0.717, 1.165) is 25.7 Å². The number of hydrogen-bond acceptors (Lipinski definition) is 4. The topological polar surface area (TPSA) is 89.8 Å². The molecule has 3 unspecified atom stereocenters.